The normalized spacial score (nSPS) is 15.8. The third-order valence-corrected chi connectivity index (χ3v) is 4.47. The zero-order valence-electron chi connectivity index (χ0n) is 11.0. The number of hydrogen-bond donors (Lipinski definition) is 2. The molecule has 2 N–H and O–H groups in total. The lowest BCUT2D eigenvalue weighted by Gasteiger charge is -2.21. The summed E-state index contributed by atoms with van der Waals surface area (Å²) in [6, 6.07) is 5.86. The summed E-state index contributed by atoms with van der Waals surface area (Å²) in [7, 11) is 0. The van der Waals surface area contributed by atoms with Gasteiger partial charge in [-0.3, -0.25) is 14.9 Å². The molecule has 7 heteroatoms. The number of carbonyl (C=O) groups is 1. The van der Waals surface area contributed by atoms with Crippen LogP contribution in [0.1, 0.15) is 12.8 Å². The van der Waals surface area contributed by atoms with Crippen molar-refractivity contribution in [3.05, 3.63) is 34.4 Å². The molecule has 0 bridgehead atoms. The average molecular weight is 295 g/mol. The number of thioether (sulfide) groups is 1. The van der Waals surface area contributed by atoms with E-state index in [0.29, 0.717) is 16.7 Å². The molecule has 1 fully saturated rings. The molecule has 1 aromatic rings. The van der Waals surface area contributed by atoms with Crippen molar-refractivity contribution in [1.29, 1.82) is 0 Å². The van der Waals surface area contributed by atoms with E-state index < -0.39 is 4.92 Å². The number of hydrogen-bond acceptors (Lipinski definition) is 5. The summed E-state index contributed by atoms with van der Waals surface area (Å²) >= 11 is 1.67. The smallest absolute Gasteiger partial charge is 0.269 e. The molecule has 0 unspecified atom stereocenters. The quantitative estimate of drug-likeness (QED) is 0.641. The lowest BCUT2D eigenvalue weighted by atomic mass is 10.2. The zero-order chi connectivity index (χ0) is 14.4. The topological polar surface area (TPSA) is 84.3 Å². The van der Waals surface area contributed by atoms with Gasteiger partial charge < -0.3 is 10.6 Å². The van der Waals surface area contributed by atoms with Crippen LogP contribution in [0, 0.1) is 10.1 Å². The molecule has 108 valence electrons. The maximum atomic E-state index is 11.8. The van der Waals surface area contributed by atoms with E-state index in [0.717, 1.165) is 25.9 Å². The summed E-state index contributed by atoms with van der Waals surface area (Å²) in [5.41, 5.74) is 0.610. The number of nitro benzene ring substituents is 1. The van der Waals surface area contributed by atoms with Crippen LogP contribution >= 0.6 is 11.8 Å². The van der Waals surface area contributed by atoms with Crippen LogP contribution in [0.2, 0.25) is 0 Å². The van der Waals surface area contributed by atoms with E-state index in [1.165, 1.54) is 12.1 Å². The van der Waals surface area contributed by atoms with Crippen LogP contribution in [0.5, 0.6) is 0 Å². The van der Waals surface area contributed by atoms with Crippen molar-refractivity contribution in [2.45, 2.75) is 18.1 Å². The minimum atomic E-state index is -0.460. The number of non-ortho nitro benzene ring substituents is 1. The van der Waals surface area contributed by atoms with Crippen LogP contribution in [0.15, 0.2) is 24.3 Å². The Kier molecular flexibility index (Phi) is 5.37. The second-order valence-corrected chi connectivity index (χ2v) is 5.90. The molecule has 0 atom stereocenters. The van der Waals surface area contributed by atoms with E-state index in [2.05, 4.69) is 10.6 Å². The number of nitrogens with one attached hydrogen (secondary N) is 2. The van der Waals surface area contributed by atoms with Crippen LogP contribution in [-0.4, -0.2) is 34.9 Å². The van der Waals surface area contributed by atoms with Gasteiger partial charge in [0.2, 0.25) is 5.91 Å². The molecule has 6 nitrogen and oxygen atoms in total. The van der Waals surface area contributed by atoms with Gasteiger partial charge in [-0.1, -0.05) is 0 Å². The first kappa shape index (κ1) is 14.8. The minimum absolute atomic E-state index is 0.0204. The molecule has 1 aliphatic heterocycles. The molecule has 2 rings (SSSR count). The Labute approximate surface area is 121 Å². The highest BCUT2D eigenvalue weighted by Gasteiger charge is 2.15. The van der Waals surface area contributed by atoms with Gasteiger partial charge in [0.1, 0.15) is 0 Å². The standard InChI is InChI=1S/C13H17N3O3S/c17-13(9-20-12-5-7-14-8-6-12)15-10-1-3-11(4-2-10)16(18)19/h1-4,12,14H,5-9H2,(H,15,17). The lowest BCUT2D eigenvalue weighted by Crippen LogP contribution is -2.30. The number of amides is 1. The van der Waals surface area contributed by atoms with Crippen molar-refractivity contribution in [3.8, 4) is 0 Å². The highest BCUT2D eigenvalue weighted by atomic mass is 32.2. The summed E-state index contributed by atoms with van der Waals surface area (Å²) in [5.74, 6) is 0.351. The predicted octanol–water partition coefficient (Wildman–Crippen LogP) is 2.02. The van der Waals surface area contributed by atoms with Gasteiger partial charge in [-0.2, -0.15) is 0 Å². The maximum Gasteiger partial charge on any atom is 0.269 e. The Hall–Kier alpha value is -1.60. The van der Waals surface area contributed by atoms with Gasteiger partial charge >= 0.3 is 0 Å². The Morgan fingerprint density at radius 1 is 1.35 bits per heavy atom. The fraction of sp³-hybridized carbons (Fsp3) is 0.462. The molecule has 1 aromatic carbocycles. The van der Waals surface area contributed by atoms with Gasteiger partial charge in [0.25, 0.3) is 5.69 Å². The van der Waals surface area contributed by atoms with Crippen molar-refractivity contribution < 1.29 is 9.72 Å². The molecule has 1 aliphatic rings. The molecule has 0 saturated carbocycles. The summed E-state index contributed by atoms with van der Waals surface area (Å²) in [6.07, 6.45) is 2.19. The predicted molar refractivity (Wildman–Crippen MR) is 80.1 cm³/mol. The summed E-state index contributed by atoms with van der Waals surface area (Å²) in [5, 5.41) is 17.1. The number of rotatable bonds is 5. The van der Waals surface area contributed by atoms with E-state index in [1.807, 2.05) is 0 Å². The number of anilines is 1. The van der Waals surface area contributed by atoms with Crippen LogP contribution in [0.4, 0.5) is 11.4 Å². The summed E-state index contributed by atoms with van der Waals surface area (Å²) in [6.45, 7) is 2.03. The SMILES string of the molecule is O=C(CSC1CCNCC1)Nc1ccc([N+](=O)[O-])cc1. The Morgan fingerprint density at radius 2 is 2.00 bits per heavy atom. The maximum absolute atomic E-state index is 11.8. The number of nitro groups is 1. The van der Waals surface area contributed by atoms with Gasteiger partial charge in [0.15, 0.2) is 0 Å². The van der Waals surface area contributed by atoms with E-state index in [1.54, 1.807) is 23.9 Å². The van der Waals surface area contributed by atoms with E-state index in [4.69, 9.17) is 0 Å². The van der Waals surface area contributed by atoms with Crippen molar-refractivity contribution in [1.82, 2.24) is 5.32 Å². The van der Waals surface area contributed by atoms with Crippen molar-refractivity contribution in [3.63, 3.8) is 0 Å². The molecule has 1 amide bonds. The number of piperidine rings is 1. The first-order valence-corrected chi connectivity index (χ1v) is 7.56. The Balaban J connectivity index is 1.77. The van der Waals surface area contributed by atoms with Gasteiger partial charge in [-0.15, -0.1) is 11.8 Å². The summed E-state index contributed by atoms with van der Waals surface area (Å²) < 4.78 is 0. The first-order chi connectivity index (χ1) is 9.65. The highest BCUT2D eigenvalue weighted by Crippen LogP contribution is 2.21. The number of benzene rings is 1. The van der Waals surface area contributed by atoms with Gasteiger partial charge in [-0.25, -0.2) is 0 Å². The first-order valence-electron chi connectivity index (χ1n) is 6.52. The summed E-state index contributed by atoms with van der Waals surface area (Å²) in [4.78, 5) is 21.9. The Bertz CT molecular complexity index is 472. The van der Waals surface area contributed by atoms with Crippen molar-refractivity contribution >= 4 is 29.0 Å². The van der Waals surface area contributed by atoms with Gasteiger partial charge in [0, 0.05) is 23.1 Å². The second kappa shape index (κ2) is 7.25. The number of carbonyl (C=O) groups excluding carboxylic acids is 1. The van der Waals surface area contributed by atoms with Crippen LogP contribution in [-0.2, 0) is 4.79 Å². The van der Waals surface area contributed by atoms with E-state index in [9.17, 15) is 14.9 Å². The molecule has 0 radical (unpaired) electrons. The fourth-order valence-corrected chi connectivity index (χ4v) is 3.05. The van der Waals surface area contributed by atoms with Crippen molar-refractivity contribution in [2.24, 2.45) is 0 Å². The van der Waals surface area contributed by atoms with Crippen LogP contribution in [0.25, 0.3) is 0 Å². The van der Waals surface area contributed by atoms with Crippen molar-refractivity contribution in [2.75, 3.05) is 24.2 Å². The minimum Gasteiger partial charge on any atom is -0.325 e. The molecule has 0 aromatic heterocycles. The molecular weight excluding hydrogens is 278 g/mol. The van der Waals surface area contributed by atoms with Crippen LogP contribution in [0.3, 0.4) is 0 Å². The molecular formula is C13H17N3O3S. The molecule has 1 saturated heterocycles. The largest absolute Gasteiger partial charge is 0.325 e. The monoisotopic (exact) mass is 295 g/mol. The van der Waals surface area contributed by atoms with Gasteiger partial charge in [-0.05, 0) is 38.1 Å². The highest BCUT2D eigenvalue weighted by molar-refractivity contribution is 8.00. The van der Waals surface area contributed by atoms with E-state index in [-0.39, 0.29) is 11.6 Å². The third kappa shape index (κ3) is 4.50. The third-order valence-electron chi connectivity index (χ3n) is 3.10. The molecule has 0 aliphatic carbocycles. The zero-order valence-corrected chi connectivity index (χ0v) is 11.8. The molecule has 0 spiro atoms. The van der Waals surface area contributed by atoms with Gasteiger partial charge in [0.05, 0.1) is 10.7 Å². The van der Waals surface area contributed by atoms with E-state index >= 15 is 0 Å². The second-order valence-electron chi connectivity index (χ2n) is 4.61. The fourth-order valence-electron chi connectivity index (χ4n) is 2.02. The van der Waals surface area contributed by atoms with Crippen LogP contribution < -0.4 is 10.6 Å². The average Bonchev–Trinajstić information content (AvgIpc) is 2.47. The number of nitrogens with zero attached hydrogens (tertiary/aromatic N) is 1. The Morgan fingerprint density at radius 3 is 2.60 bits per heavy atom. The lowest BCUT2D eigenvalue weighted by molar-refractivity contribution is -0.384. The molecule has 20 heavy (non-hydrogen) atoms. The molecule has 1 heterocycles.